The summed E-state index contributed by atoms with van der Waals surface area (Å²) in [5.41, 5.74) is 0. The van der Waals surface area contributed by atoms with Crippen LogP contribution in [0.2, 0.25) is 0 Å². The fourth-order valence-corrected chi connectivity index (χ4v) is 7.97. The van der Waals surface area contributed by atoms with E-state index in [4.69, 9.17) is 14.2 Å². The molecular weight excluding hydrogens is 775 g/mol. The molecule has 0 bridgehead atoms. The lowest BCUT2D eigenvalue weighted by molar-refractivity contribution is -0.887. The fraction of sp³-hybridized carbons (Fsp3) is 0.870. The quantitative estimate of drug-likeness (QED) is 0.0281. The third-order valence-electron chi connectivity index (χ3n) is 12.1. The van der Waals surface area contributed by atoms with Crippen molar-refractivity contribution in [2.75, 3.05) is 41.0 Å². The summed E-state index contributed by atoms with van der Waals surface area (Å²) in [4.78, 5) is 37.1. The first kappa shape index (κ1) is 59.8. The molecule has 2 atom stereocenters. The van der Waals surface area contributed by atoms with Gasteiger partial charge in [-0.2, -0.15) is 0 Å². The van der Waals surface area contributed by atoms with Crippen molar-refractivity contribution >= 4 is 17.9 Å². The molecule has 0 aromatic carbocycles. The predicted molar refractivity (Wildman–Crippen MR) is 262 cm³/mol. The smallest absolute Gasteiger partial charge is 0.362 e. The molecule has 0 aliphatic carbocycles. The molecule has 62 heavy (non-hydrogen) atoms. The molecule has 2 unspecified atom stereocenters. The van der Waals surface area contributed by atoms with Gasteiger partial charge in [-0.05, 0) is 64.2 Å². The van der Waals surface area contributed by atoms with E-state index in [1.54, 1.807) is 0 Å². The summed E-state index contributed by atoms with van der Waals surface area (Å²) in [5, 5.41) is 9.65. The van der Waals surface area contributed by atoms with Crippen molar-refractivity contribution in [3.63, 3.8) is 0 Å². The standard InChI is InChI=1S/C54H101NO7/c1-6-8-10-12-14-16-18-20-22-24-25-26-27-28-29-31-32-34-36-38-40-42-44-52(56)61-49-50(48-60-47-46-51(54(58)59)55(3,4)5)62-53(57)45-43-41-39-37-35-33-30-23-21-19-17-15-13-11-9-7-2/h23,27-28,30,50-51H,6-22,24-26,29,31-49H2,1-5H3/p+1/b28-27+,30-23+. The molecule has 0 aliphatic rings. The van der Waals surface area contributed by atoms with Gasteiger partial charge >= 0.3 is 17.9 Å². The molecule has 0 rings (SSSR count). The zero-order valence-corrected chi connectivity index (χ0v) is 41.6. The molecule has 0 aromatic heterocycles. The Bertz CT molecular complexity index is 1070. The number of carbonyl (C=O) groups is 3. The van der Waals surface area contributed by atoms with E-state index in [9.17, 15) is 19.5 Å². The lowest BCUT2D eigenvalue weighted by Crippen LogP contribution is -2.50. The average molecular weight is 877 g/mol. The van der Waals surface area contributed by atoms with Crippen molar-refractivity contribution in [2.45, 2.75) is 264 Å². The number of quaternary nitrogens is 1. The first-order valence-corrected chi connectivity index (χ1v) is 26.4. The molecule has 8 nitrogen and oxygen atoms in total. The Morgan fingerprint density at radius 1 is 0.468 bits per heavy atom. The van der Waals surface area contributed by atoms with Crippen LogP contribution in [0.4, 0.5) is 0 Å². The third-order valence-corrected chi connectivity index (χ3v) is 12.1. The molecule has 0 aromatic rings. The second-order valence-corrected chi connectivity index (χ2v) is 19.1. The molecule has 0 radical (unpaired) electrons. The number of rotatable bonds is 48. The zero-order chi connectivity index (χ0) is 45.6. The average Bonchev–Trinajstić information content (AvgIpc) is 3.23. The van der Waals surface area contributed by atoms with E-state index in [1.165, 1.54) is 167 Å². The van der Waals surface area contributed by atoms with E-state index < -0.39 is 18.1 Å². The van der Waals surface area contributed by atoms with Crippen molar-refractivity contribution in [3.05, 3.63) is 24.3 Å². The number of unbranched alkanes of at least 4 members (excludes halogenated alkanes) is 30. The van der Waals surface area contributed by atoms with Gasteiger partial charge in [-0.25, -0.2) is 4.79 Å². The van der Waals surface area contributed by atoms with Gasteiger partial charge in [0, 0.05) is 19.3 Å². The van der Waals surface area contributed by atoms with E-state index in [0.29, 0.717) is 19.3 Å². The van der Waals surface area contributed by atoms with Gasteiger partial charge in [-0.15, -0.1) is 0 Å². The summed E-state index contributed by atoms with van der Waals surface area (Å²) in [6.45, 7) is 4.76. The van der Waals surface area contributed by atoms with Crippen LogP contribution in [0.25, 0.3) is 0 Å². The maximum Gasteiger partial charge on any atom is 0.362 e. The highest BCUT2D eigenvalue weighted by atomic mass is 16.6. The van der Waals surface area contributed by atoms with Crippen LogP contribution in [-0.4, -0.2) is 80.6 Å². The molecule has 0 amide bonds. The maximum absolute atomic E-state index is 12.8. The monoisotopic (exact) mass is 877 g/mol. The van der Waals surface area contributed by atoms with Gasteiger partial charge in [-0.1, -0.05) is 192 Å². The Labute approximate surface area is 383 Å². The van der Waals surface area contributed by atoms with Gasteiger partial charge in [0.2, 0.25) is 0 Å². The summed E-state index contributed by atoms with van der Waals surface area (Å²) in [7, 11) is 5.54. The molecule has 0 fully saturated rings. The number of esters is 2. The summed E-state index contributed by atoms with van der Waals surface area (Å²) < 4.78 is 17.4. The normalized spacial score (nSPS) is 13.0. The maximum atomic E-state index is 12.8. The molecule has 0 heterocycles. The molecule has 0 aliphatic heterocycles. The highest BCUT2D eigenvalue weighted by Gasteiger charge is 2.31. The van der Waals surface area contributed by atoms with Crippen LogP contribution in [0.15, 0.2) is 24.3 Å². The first-order valence-electron chi connectivity index (χ1n) is 26.4. The van der Waals surface area contributed by atoms with Crippen LogP contribution >= 0.6 is 0 Å². The minimum atomic E-state index is -0.874. The van der Waals surface area contributed by atoms with Crippen LogP contribution in [0.1, 0.15) is 251 Å². The molecule has 0 saturated carbocycles. The van der Waals surface area contributed by atoms with E-state index in [-0.39, 0.29) is 36.2 Å². The van der Waals surface area contributed by atoms with E-state index in [0.717, 1.165) is 51.4 Å². The SMILES string of the molecule is CCCCCCCCC/C=C/CCCCCCCC(=O)OC(COCCC(C(=O)O)[N+](C)(C)C)COC(=O)CCCCCCCCC/C=C/CCCCCCCCCCCCC. The Hall–Kier alpha value is -2.19. The Balaban J connectivity index is 4.20. The van der Waals surface area contributed by atoms with Gasteiger partial charge < -0.3 is 23.8 Å². The highest BCUT2D eigenvalue weighted by molar-refractivity contribution is 5.72. The third kappa shape index (κ3) is 43.1. The zero-order valence-electron chi connectivity index (χ0n) is 41.6. The minimum absolute atomic E-state index is 0.0531. The van der Waals surface area contributed by atoms with Gasteiger partial charge in [0.05, 0.1) is 34.4 Å². The summed E-state index contributed by atoms with van der Waals surface area (Å²) >= 11 is 0. The van der Waals surface area contributed by atoms with Crippen molar-refractivity contribution in [1.29, 1.82) is 0 Å². The highest BCUT2D eigenvalue weighted by Crippen LogP contribution is 2.16. The summed E-state index contributed by atoms with van der Waals surface area (Å²) in [6, 6.07) is -0.615. The predicted octanol–water partition coefficient (Wildman–Crippen LogP) is 15.2. The fourth-order valence-electron chi connectivity index (χ4n) is 7.97. The van der Waals surface area contributed by atoms with Gasteiger partial charge in [0.15, 0.2) is 12.1 Å². The Morgan fingerprint density at radius 3 is 1.16 bits per heavy atom. The molecule has 0 spiro atoms. The van der Waals surface area contributed by atoms with Crippen LogP contribution in [-0.2, 0) is 28.6 Å². The Morgan fingerprint density at radius 2 is 0.806 bits per heavy atom. The molecule has 0 saturated heterocycles. The van der Waals surface area contributed by atoms with Gasteiger partial charge in [0.1, 0.15) is 6.61 Å². The van der Waals surface area contributed by atoms with Crippen LogP contribution in [0, 0.1) is 0 Å². The summed E-state index contributed by atoms with van der Waals surface area (Å²) in [6.07, 6.45) is 52.3. The van der Waals surface area contributed by atoms with Crippen LogP contribution < -0.4 is 0 Å². The molecule has 1 N–H and O–H groups in total. The van der Waals surface area contributed by atoms with Gasteiger partial charge in [0.25, 0.3) is 0 Å². The first-order chi connectivity index (χ1) is 30.1. The lowest BCUT2D eigenvalue weighted by Gasteiger charge is -2.31. The lowest BCUT2D eigenvalue weighted by atomic mass is 10.0. The number of ether oxygens (including phenoxy) is 3. The molecular formula is C54H102NO7+. The summed E-state index contributed by atoms with van der Waals surface area (Å²) in [5.74, 6) is -1.47. The second kappa shape index (κ2) is 45.4. The van der Waals surface area contributed by atoms with Gasteiger partial charge in [-0.3, -0.25) is 9.59 Å². The number of hydrogen-bond acceptors (Lipinski definition) is 6. The second-order valence-electron chi connectivity index (χ2n) is 19.1. The molecule has 364 valence electrons. The van der Waals surface area contributed by atoms with Crippen molar-refractivity contribution in [1.82, 2.24) is 0 Å². The van der Waals surface area contributed by atoms with E-state index >= 15 is 0 Å². The number of likely N-dealkylation sites (N-methyl/N-ethyl adjacent to an activating group) is 1. The number of carbonyl (C=O) groups excluding carboxylic acids is 2. The van der Waals surface area contributed by atoms with Crippen molar-refractivity contribution in [3.8, 4) is 0 Å². The number of hydrogen-bond donors (Lipinski definition) is 1. The van der Waals surface area contributed by atoms with E-state index in [1.807, 2.05) is 21.1 Å². The van der Waals surface area contributed by atoms with Crippen molar-refractivity contribution in [2.24, 2.45) is 0 Å². The number of nitrogens with zero attached hydrogens (tertiary/aromatic N) is 1. The largest absolute Gasteiger partial charge is 0.477 e. The molecule has 8 heteroatoms. The number of carboxylic acid groups (broad SMARTS) is 1. The Kier molecular flexibility index (Phi) is 43.8. The topological polar surface area (TPSA) is 99.1 Å². The number of allylic oxidation sites excluding steroid dienone is 4. The van der Waals surface area contributed by atoms with E-state index in [2.05, 4.69) is 38.2 Å². The van der Waals surface area contributed by atoms with Crippen LogP contribution in [0.5, 0.6) is 0 Å². The number of carboxylic acids is 1. The van der Waals surface area contributed by atoms with Crippen molar-refractivity contribution < 1.29 is 38.2 Å². The minimum Gasteiger partial charge on any atom is -0.477 e. The number of aliphatic carboxylic acids is 1. The van der Waals surface area contributed by atoms with Crippen LogP contribution in [0.3, 0.4) is 0 Å².